The lowest BCUT2D eigenvalue weighted by Gasteiger charge is -2.11. The Morgan fingerprint density at radius 1 is 0.679 bits per heavy atom. The van der Waals surface area contributed by atoms with Crippen molar-refractivity contribution >= 4 is 39.7 Å². The smallest absolute Gasteiger partial charge is 0.354 e. The van der Waals surface area contributed by atoms with Crippen LogP contribution in [0, 0.1) is 0 Å². The number of esters is 3. The number of ether oxygens (including phenoxy) is 3. The highest BCUT2D eigenvalue weighted by molar-refractivity contribution is 6.15. The van der Waals surface area contributed by atoms with Crippen LogP contribution in [0.4, 0.5) is 0 Å². The fourth-order valence-corrected chi connectivity index (χ4v) is 2.84. The molecule has 0 radical (unpaired) electrons. The fraction of sp³-hybridized carbons (Fsp3) is 0.167. The number of pyridine rings is 2. The summed E-state index contributed by atoms with van der Waals surface area (Å²) in [6.45, 7) is 0. The van der Waals surface area contributed by atoms with Crippen LogP contribution in [0.2, 0.25) is 0 Å². The van der Waals surface area contributed by atoms with Crippen LogP contribution in [0.1, 0.15) is 31.3 Å². The molecule has 0 atom stereocenters. The van der Waals surface area contributed by atoms with Crippen molar-refractivity contribution < 1.29 is 28.6 Å². The molecule has 2 aromatic heterocycles. The molecule has 0 unspecified atom stereocenters. The molecule has 0 spiro atoms. The maximum Gasteiger partial charge on any atom is 0.354 e. The number of rotatable bonds is 3. The third kappa shape index (κ3) is 2.90. The second-order valence-corrected chi connectivity index (χ2v) is 5.67. The summed E-state index contributed by atoms with van der Waals surface area (Å²) in [5, 5.41) is -0.0336. The van der Waals surface area contributed by atoms with Crippen molar-refractivity contribution in [3.05, 3.63) is 55.6 Å². The first kappa shape index (κ1) is 18.8. The molecule has 0 amide bonds. The van der Waals surface area contributed by atoms with Crippen LogP contribution in [0.15, 0.2) is 27.8 Å². The van der Waals surface area contributed by atoms with Crippen molar-refractivity contribution in [2.24, 2.45) is 0 Å². The molecule has 28 heavy (non-hydrogen) atoms. The molecule has 144 valence electrons. The number of carbonyl (C=O) groups excluding carboxylic acids is 3. The van der Waals surface area contributed by atoms with Gasteiger partial charge in [0.1, 0.15) is 17.0 Å². The lowest BCUT2D eigenvalue weighted by Crippen LogP contribution is -2.18. The Morgan fingerprint density at radius 2 is 1.07 bits per heavy atom. The van der Waals surface area contributed by atoms with Gasteiger partial charge in [-0.3, -0.25) is 9.59 Å². The van der Waals surface area contributed by atoms with E-state index in [0.717, 1.165) is 33.5 Å². The third-order valence-corrected chi connectivity index (χ3v) is 4.13. The Morgan fingerprint density at radius 3 is 1.43 bits per heavy atom. The van der Waals surface area contributed by atoms with E-state index in [1.54, 1.807) is 0 Å². The molecule has 0 fully saturated rings. The highest BCUT2D eigenvalue weighted by Crippen LogP contribution is 2.24. The van der Waals surface area contributed by atoms with Crippen LogP contribution in [-0.2, 0) is 14.2 Å². The van der Waals surface area contributed by atoms with Crippen molar-refractivity contribution in [3.63, 3.8) is 0 Å². The van der Waals surface area contributed by atoms with Gasteiger partial charge in [-0.05, 0) is 6.07 Å². The third-order valence-electron chi connectivity index (χ3n) is 4.13. The van der Waals surface area contributed by atoms with Crippen molar-refractivity contribution in [1.29, 1.82) is 0 Å². The standard InChI is InChI=1S/C18H14N2O8/c1-26-16(23)9-5-11(21)7-4-8-12(22)6-10(17(24)27-2)20-15(8)13(14(7)19-9)18(25)28-3/h4-6H,1-3H3,(H,19,21)(H,20,22). The van der Waals surface area contributed by atoms with E-state index in [9.17, 15) is 24.0 Å². The summed E-state index contributed by atoms with van der Waals surface area (Å²) in [5.41, 5.74) is -1.95. The number of nitrogens with one attached hydrogen (secondary N) is 2. The zero-order valence-electron chi connectivity index (χ0n) is 15.0. The Bertz CT molecular complexity index is 1180. The van der Waals surface area contributed by atoms with E-state index in [1.807, 2.05) is 0 Å². The summed E-state index contributed by atoms with van der Waals surface area (Å²) in [4.78, 5) is 66.4. The second kappa shape index (κ2) is 6.99. The lowest BCUT2D eigenvalue weighted by atomic mass is 10.0. The maximum atomic E-state index is 12.5. The first-order valence-corrected chi connectivity index (χ1v) is 7.84. The lowest BCUT2D eigenvalue weighted by molar-refractivity contribution is 0.0586. The van der Waals surface area contributed by atoms with Crippen LogP contribution in [0.25, 0.3) is 21.8 Å². The molecule has 0 aliphatic rings. The van der Waals surface area contributed by atoms with E-state index in [-0.39, 0.29) is 38.8 Å². The van der Waals surface area contributed by atoms with Crippen LogP contribution >= 0.6 is 0 Å². The molecule has 0 saturated heterocycles. The van der Waals surface area contributed by atoms with Crippen LogP contribution < -0.4 is 10.9 Å². The number of carbonyl (C=O) groups is 3. The summed E-state index contributed by atoms with van der Waals surface area (Å²) < 4.78 is 14.0. The summed E-state index contributed by atoms with van der Waals surface area (Å²) >= 11 is 0. The first-order chi connectivity index (χ1) is 13.3. The summed E-state index contributed by atoms with van der Waals surface area (Å²) in [6, 6.07) is 3.26. The highest BCUT2D eigenvalue weighted by Gasteiger charge is 2.23. The summed E-state index contributed by atoms with van der Waals surface area (Å²) in [7, 11) is 3.37. The first-order valence-electron chi connectivity index (χ1n) is 7.84. The molecule has 0 aliphatic carbocycles. The molecule has 2 heterocycles. The average molecular weight is 386 g/mol. The van der Waals surface area contributed by atoms with Gasteiger partial charge in [-0.25, -0.2) is 14.4 Å². The highest BCUT2D eigenvalue weighted by atomic mass is 16.5. The van der Waals surface area contributed by atoms with Gasteiger partial charge < -0.3 is 24.2 Å². The molecule has 0 bridgehead atoms. The van der Waals surface area contributed by atoms with Crippen LogP contribution in [0.3, 0.4) is 0 Å². The van der Waals surface area contributed by atoms with E-state index < -0.39 is 28.8 Å². The van der Waals surface area contributed by atoms with Crippen LogP contribution in [-0.4, -0.2) is 49.2 Å². The summed E-state index contributed by atoms with van der Waals surface area (Å²) in [5.74, 6) is -2.55. The van der Waals surface area contributed by atoms with E-state index in [2.05, 4.69) is 19.4 Å². The zero-order valence-corrected chi connectivity index (χ0v) is 15.0. The minimum atomic E-state index is -0.897. The number of hydrogen-bond acceptors (Lipinski definition) is 8. The van der Waals surface area contributed by atoms with Crippen molar-refractivity contribution in [3.8, 4) is 0 Å². The normalized spacial score (nSPS) is 10.7. The summed E-state index contributed by atoms with van der Waals surface area (Å²) in [6.07, 6.45) is 0. The van der Waals surface area contributed by atoms with Gasteiger partial charge in [-0.15, -0.1) is 0 Å². The van der Waals surface area contributed by atoms with Crippen molar-refractivity contribution in [2.75, 3.05) is 21.3 Å². The van der Waals surface area contributed by atoms with E-state index >= 15 is 0 Å². The number of aromatic nitrogens is 2. The number of methoxy groups -OCH3 is 3. The van der Waals surface area contributed by atoms with Gasteiger partial charge in [0.15, 0.2) is 10.9 Å². The van der Waals surface area contributed by atoms with Gasteiger partial charge in [0.2, 0.25) is 0 Å². The van der Waals surface area contributed by atoms with E-state index in [0.29, 0.717) is 0 Å². The van der Waals surface area contributed by atoms with Crippen molar-refractivity contribution in [2.45, 2.75) is 0 Å². The molecular formula is C18H14N2O8. The molecule has 10 nitrogen and oxygen atoms in total. The largest absolute Gasteiger partial charge is 0.465 e. The Kier molecular flexibility index (Phi) is 4.70. The molecule has 2 N–H and O–H groups in total. The monoisotopic (exact) mass is 386 g/mol. The van der Waals surface area contributed by atoms with Crippen molar-refractivity contribution in [1.82, 2.24) is 9.97 Å². The Balaban J connectivity index is 2.57. The van der Waals surface area contributed by atoms with Gasteiger partial charge in [-0.1, -0.05) is 0 Å². The number of H-pyrrole nitrogens is 2. The van der Waals surface area contributed by atoms with E-state index in [1.165, 1.54) is 6.07 Å². The number of hydrogen-bond donors (Lipinski definition) is 2. The van der Waals surface area contributed by atoms with Gasteiger partial charge in [0, 0.05) is 22.9 Å². The minimum Gasteiger partial charge on any atom is -0.465 e. The molecule has 3 aromatic rings. The second-order valence-electron chi connectivity index (χ2n) is 5.67. The molecular weight excluding hydrogens is 372 g/mol. The predicted octanol–water partition coefficient (Wildman–Crippen LogP) is 0.729. The average Bonchev–Trinajstić information content (AvgIpc) is 2.70. The molecule has 10 heteroatoms. The van der Waals surface area contributed by atoms with E-state index in [4.69, 9.17) is 4.74 Å². The zero-order chi connectivity index (χ0) is 20.6. The fourth-order valence-electron chi connectivity index (χ4n) is 2.84. The van der Waals surface area contributed by atoms with Gasteiger partial charge >= 0.3 is 17.9 Å². The maximum absolute atomic E-state index is 12.5. The molecule has 1 aromatic carbocycles. The van der Waals surface area contributed by atoms with Gasteiger partial charge in [0.05, 0.1) is 32.4 Å². The number of fused-ring (bicyclic) bond motifs is 2. The molecule has 3 rings (SSSR count). The Labute approximate surface area is 156 Å². The SMILES string of the molecule is COC(=O)c1cc(=O)c2cc3c(=O)cc(C(=O)OC)[nH]c3c(C(=O)OC)c2[nH]1. The molecule has 0 saturated carbocycles. The predicted molar refractivity (Wildman–Crippen MR) is 96.7 cm³/mol. The Hall–Kier alpha value is -3.95. The topological polar surface area (TPSA) is 145 Å². The van der Waals surface area contributed by atoms with Gasteiger partial charge in [-0.2, -0.15) is 0 Å². The number of aromatic amines is 2. The number of benzene rings is 1. The quantitative estimate of drug-likeness (QED) is 0.381. The molecule has 0 aliphatic heterocycles. The van der Waals surface area contributed by atoms with Gasteiger partial charge in [0.25, 0.3) is 0 Å². The minimum absolute atomic E-state index is 0.0168. The van der Waals surface area contributed by atoms with Crippen LogP contribution in [0.5, 0.6) is 0 Å².